The Bertz CT molecular complexity index is 411. The van der Waals surface area contributed by atoms with Gasteiger partial charge in [-0.25, -0.2) is 13.8 Å². The van der Waals surface area contributed by atoms with E-state index in [-0.39, 0.29) is 16.4 Å². The number of pyridine rings is 1. The highest BCUT2D eigenvalue weighted by atomic mass is 32.1. The van der Waals surface area contributed by atoms with E-state index in [4.69, 9.17) is 5.73 Å². The zero-order chi connectivity index (χ0) is 13.1. The van der Waals surface area contributed by atoms with Crippen LogP contribution in [0.4, 0.5) is 23.4 Å². The van der Waals surface area contributed by atoms with Crippen LogP contribution in [0, 0.1) is 0 Å². The molecule has 1 aromatic rings. The molecular weight excluding hydrogens is 258 g/mol. The molecule has 0 aromatic carbocycles. The van der Waals surface area contributed by atoms with Crippen molar-refractivity contribution in [1.82, 2.24) is 4.98 Å². The van der Waals surface area contributed by atoms with Crippen molar-refractivity contribution in [2.45, 2.75) is 12.3 Å². The molecule has 0 aliphatic rings. The van der Waals surface area contributed by atoms with E-state index in [1.54, 1.807) is 0 Å². The minimum atomic E-state index is -4.13. The predicted molar refractivity (Wildman–Crippen MR) is 59.6 cm³/mol. The summed E-state index contributed by atoms with van der Waals surface area (Å²) in [5, 5.41) is 2.11. The average molecular weight is 267 g/mol. The van der Waals surface area contributed by atoms with Gasteiger partial charge in [0.2, 0.25) is 0 Å². The van der Waals surface area contributed by atoms with Crippen LogP contribution in [0.3, 0.4) is 0 Å². The van der Waals surface area contributed by atoms with Gasteiger partial charge in [-0.05, 0) is 12.1 Å². The molecule has 3 nitrogen and oxygen atoms in total. The van der Waals surface area contributed by atoms with Gasteiger partial charge in [0, 0.05) is 6.20 Å². The van der Waals surface area contributed by atoms with Crippen LogP contribution in [-0.2, 0) is 0 Å². The molecule has 0 radical (unpaired) electrons. The van der Waals surface area contributed by atoms with Crippen LogP contribution in [0.15, 0.2) is 18.3 Å². The van der Waals surface area contributed by atoms with E-state index in [2.05, 4.69) is 22.5 Å². The molecule has 0 saturated carbocycles. The van der Waals surface area contributed by atoms with Crippen LogP contribution in [-0.4, -0.2) is 28.9 Å². The Morgan fingerprint density at radius 1 is 1.53 bits per heavy atom. The number of aromatic nitrogens is 1. The number of rotatable bonds is 5. The normalized spacial score (nSPS) is 11.6. The van der Waals surface area contributed by atoms with Crippen LogP contribution in [0.1, 0.15) is 5.56 Å². The molecular formula is C9H9F4N3S. The molecule has 0 atom stereocenters. The van der Waals surface area contributed by atoms with Gasteiger partial charge in [0.15, 0.2) is 0 Å². The van der Waals surface area contributed by atoms with E-state index < -0.39 is 18.9 Å². The highest BCUT2D eigenvalue weighted by molar-refractivity contribution is 7.80. The number of hydrogen-bond acceptors (Lipinski definition) is 3. The van der Waals surface area contributed by atoms with Gasteiger partial charge in [-0.15, -0.1) is 0 Å². The van der Waals surface area contributed by atoms with E-state index >= 15 is 0 Å². The largest absolute Gasteiger partial charge is 0.389 e. The van der Waals surface area contributed by atoms with Crippen LogP contribution in [0.25, 0.3) is 0 Å². The van der Waals surface area contributed by atoms with E-state index in [9.17, 15) is 17.6 Å². The third-order valence-corrected chi connectivity index (χ3v) is 2.10. The van der Waals surface area contributed by atoms with E-state index in [0.29, 0.717) is 0 Å². The lowest BCUT2D eigenvalue weighted by Gasteiger charge is -2.17. The number of nitrogens with two attached hydrogens (primary N) is 1. The number of thiocarbonyl (C=S) groups is 1. The summed E-state index contributed by atoms with van der Waals surface area (Å²) in [7, 11) is 0. The number of hydrogen-bond donors (Lipinski definition) is 2. The molecule has 3 N–H and O–H groups in total. The predicted octanol–water partition coefficient (Wildman–Crippen LogP) is 2.03. The van der Waals surface area contributed by atoms with Crippen molar-refractivity contribution in [3.8, 4) is 0 Å². The Hall–Kier alpha value is -1.44. The molecule has 1 heterocycles. The molecule has 0 aliphatic carbocycles. The van der Waals surface area contributed by atoms with Crippen molar-refractivity contribution in [2.75, 3.05) is 11.9 Å². The van der Waals surface area contributed by atoms with Crippen molar-refractivity contribution in [2.24, 2.45) is 5.73 Å². The van der Waals surface area contributed by atoms with Crippen molar-refractivity contribution in [3.05, 3.63) is 23.9 Å². The van der Waals surface area contributed by atoms with Gasteiger partial charge < -0.3 is 11.1 Å². The lowest BCUT2D eigenvalue weighted by molar-refractivity contribution is -0.117. The van der Waals surface area contributed by atoms with Gasteiger partial charge in [0.05, 0.1) is 12.1 Å². The molecule has 0 fully saturated rings. The van der Waals surface area contributed by atoms with Crippen molar-refractivity contribution in [3.63, 3.8) is 0 Å². The molecule has 94 valence electrons. The van der Waals surface area contributed by atoms with Crippen LogP contribution < -0.4 is 11.1 Å². The Morgan fingerprint density at radius 3 is 2.71 bits per heavy atom. The molecule has 1 rings (SSSR count). The Labute approximate surface area is 100 Å². The van der Waals surface area contributed by atoms with Crippen molar-refractivity contribution in [1.29, 1.82) is 0 Å². The van der Waals surface area contributed by atoms with Gasteiger partial charge in [0.1, 0.15) is 10.8 Å². The average Bonchev–Trinajstić information content (AvgIpc) is 2.26. The van der Waals surface area contributed by atoms with Crippen LogP contribution >= 0.6 is 12.2 Å². The van der Waals surface area contributed by atoms with Gasteiger partial charge in [-0.3, -0.25) is 0 Å². The molecule has 1 aromatic heterocycles. The molecule has 0 spiro atoms. The summed E-state index contributed by atoms with van der Waals surface area (Å²) < 4.78 is 49.1. The van der Waals surface area contributed by atoms with Crippen molar-refractivity contribution < 1.29 is 17.6 Å². The number of halogens is 4. The molecule has 0 aliphatic heterocycles. The molecule has 0 saturated heterocycles. The Kier molecular flexibility index (Phi) is 4.22. The second kappa shape index (κ2) is 5.26. The molecule has 0 bridgehead atoms. The van der Waals surface area contributed by atoms with Gasteiger partial charge in [-0.1, -0.05) is 12.2 Å². The first-order valence-corrected chi connectivity index (χ1v) is 4.90. The second-order valence-electron chi connectivity index (χ2n) is 3.18. The summed E-state index contributed by atoms with van der Waals surface area (Å²) in [6.07, 6.45) is -2.43. The SMILES string of the molecule is NC(=S)c1cccnc1NCC(F)(F)C(F)F. The summed E-state index contributed by atoms with van der Waals surface area (Å²) >= 11 is 4.67. The lowest BCUT2D eigenvalue weighted by Crippen LogP contribution is -2.35. The van der Waals surface area contributed by atoms with Crippen LogP contribution in [0.2, 0.25) is 0 Å². The van der Waals surface area contributed by atoms with Gasteiger partial charge >= 0.3 is 12.3 Å². The summed E-state index contributed by atoms with van der Waals surface area (Å²) in [5.74, 6) is -4.18. The summed E-state index contributed by atoms with van der Waals surface area (Å²) in [5.41, 5.74) is 5.56. The fourth-order valence-electron chi connectivity index (χ4n) is 1.02. The maximum Gasteiger partial charge on any atom is 0.324 e. The lowest BCUT2D eigenvalue weighted by atomic mass is 10.2. The Balaban J connectivity index is 2.79. The first-order chi connectivity index (χ1) is 7.84. The topological polar surface area (TPSA) is 50.9 Å². The Morgan fingerprint density at radius 2 is 2.18 bits per heavy atom. The highest BCUT2D eigenvalue weighted by Crippen LogP contribution is 2.23. The smallest absolute Gasteiger partial charge is 0.324 e. The maximum absolute atomic E-state index is 12.7. The second-order valence-corrected chi connectivity index (χ2v) is 3.62. The molecule has 8 heteroatoms. The third kappa shape index (κ3) is 3.52. The first-order valence-electron chi connectivity index (χ1n) is 4.49. The summed E-state index contributed by atoms with van der Waals surface area (Å²) in [6.45, 7) is -1.24. The van der Waals surface area contributed by atoms with Gasteiger partial charge in [0.25, 0.3) is 0 Å². The summed E-state index contributed by atoms with van der Waals surface area (Å²) in [4.78, 5) is 3.65. The minimum Gasteiger partial charge on any atom is -0.389 e. The number of alkyl halides is 4. The minimum absolute atomic E-state index is 0.0414. The quantitative estimate of drug-likeness (QED) is 0.633. The highest BCUT2D eigenvalue weighted by Gasteiger charge is 2.40. The fraction of sp³-hybridized carbons (Fsp3) is 0.333. The monoisotopic (exact) mass is 267 g/mol. The van der Waals surface area contributed by atoms with Crippen molar-refractivity contribution >= 4 is 23.0 Å². The third-order valence-electron chi connectivity index (χ3n) is 1.88. The summed E-state index contributed by atoms with van der Waals surface area (Å²) in [6, 6.07) is 2.96. The molecule has 0 unspecified atom stereocenters. The van der Waals surface area contributed by atoms with E-state index in [1.165, 1.54) is 18.3 Å². The standard InChI is InChI=1S/C9H9F4N3S/c10-8(11)9(12,13)4-16-7-5(6(14)17)2-1-3-15-7/h1-3,8H,4H2,(H2,14,17)(H,15,16). The number of anilines is 1. The molecule has 17 heavy (non-hydrogen) atoms. The van der Waals surface area contributed by atoms with E-state index in [0.717, 1.165) is 0 Å². The fourth-order valence-corrected chi connectivity index (χ4v) is 1.19. The van der Waals surface area contributed by atoms with Gasteiger partial charge in [-0.2, -0.15) is 8.78 Å². The zero-order valence-corrected chi connectivity index (χ0v) is 9.28. The number of nitrogens with zero attached hydrogens (tertiary/aromatic N) is 1. The number of nitrogens with one attached hydrogen (secondary N) is 1. The first kappa shape index (κ1) is 13.6. The maximum atomic E-state index is 12.7. The van der Waals surface area contributed by atoms with Crippen LogP contribution in [0.5, 0.6) is 0 Å². The molecule has 0 amide bonds. The zero-order valence-electron chi connectivity index (χ0n) is 8.46. The van der Waals surface area contributed by atoms with E-state index in [1.807, 2.05) is 0 Å².